The molecule has 0 aliphatic heterocycles. The maximum absolute atomic E-state index is 5.33. The lowest BCUT2D eigenvalue weighted by atomic mass is 9.90. The molecule has 0 radical (unpaired) electrons. The van der Waals surface area contributed by atoms with Crippen LogP contribution >= 0.6 is 0 Å². The van der Waals surface area contributed by atoms with Gasteiger partial charge in [-0.15, -0.1) is 12.3 Å². The maximum atomic E-state index is 5.33. The Morgan fingerprint density at radius 2 is 1.64 bits per heavy atom. The summed E-state index contributed by atoms with van der Waals surface area (Å²) in [5, 5.41) is 0. The SMILES string of the molecule is C#CC(C)C(C)CCC(C)C. The van der Waals surface area contributed by atoms with Crippen LogP contribution in [0.4, 0.5) is 0 Å². The molecule has 0 nitrogen and oxygen atoms in total. The van der Waals surface area contributed by atoms with Gasteiger partial charge in [-0.2, -0.15) is 0 Å². The molecule has 0 saturated carbocycles. The van der Waals surface area contributed by atoms with Crippen LogP contribution < -0.4 is 0 Å². The third-order valence-electron chi connectivity index (χ3n) is 2.32. The smallest absolute Gasteiger partial charge is 0.0197 e. The van der Waals surface area contributed by atoms with Crippen molar-refractivity contribution in [2.45, 2.75) is 40.5 Å². The van der Waals surface area contributed by atoms with Gasteiger partial charge >= 0.3 is 0 Å². The Labute approximate surface area is 71.4 Å². The fraction of sp³-hybridized carbons (Fsp3) is 0.818. The van der Waals surface area contributed by atoms with E-state index in [4.69, 9.17) is 6.42 Å². The van der Waals surface area contributed by atoms with Crippen LogP contribution in [0.2, 0.25) is 0 Å². The molecule has 0 aromatic carbocycles. The van der Waals surface area contributed by atoms with Crippen molar-refractivity contribution in [1.29, 1.82) is 0 Å². The van der Waals surface area contributed by atoms with Gasteiger partial charge in [0.25, 0.3) is 0 Å². The van der Waals surface area contributed by atoms with Gasteiger partial charge in [0.05, 0.1) is 0 Å². The lowest BCUT2D eigenvalue weighted by Gasteiger charge is -2.15. The summed E-state index contributed by atoms with van der Waals surface area (Å²) in [6.45, 7) is 8.89. The standard InChI is InChI=1S/C11H20/c1-6-10(4)11(5)8-7-9(2)3/h1,9-11H,7-8H2,2-5H3. The second-order valence-electron chi connectivity index (χ2n) is 3.90. The lowest BCUT2D eigenvalue weighted by molar-refractivity contribution is 0.392. The van der Waals surface area contributed by atoms with Gasteiger partial charge in [-0.1, -0.05) is 34.1 Å². The van der Waals surface area contributed by atoms with Crippen molar-refractivity contribution in [1.82, 2.24) is 0 Å². The minimum absolute atomic E-state index is 0.439. The highest BCUT2D eigenvalue weighted by molar-refractivity contribution is 4.92. The summed E-state index contributed by atoms with van der Waals surface area (Å²) in [6, 6.07) is 0. The molecule has 0 aliphatic carbocycles. The Kier molecular flexibility index (Phi) is 5.03. The molecule has 0 aromatic heterocycles. The molecule has 0 heterocycles. The van der Waals surface area contributed by atoms with E-state index in [0.29, 0.717) is 11.8 Å². The Balaban J connectivity index is 3.53. The first kappa shape index (κ1) is 10.6. The van der Waals surface area contributed by atoms with E-state index in [1.165, 1.54) is 12.8 Å². The fourth-order valence-electron chi connectivity index (χ4n) is 1.01. The van der Waals surface area contributed by atoms with Crippen LogP contribution in [0.5, 0.6) is 0 Å². The highest BCUT2D eigenvalue weighted by atomic mass is 14.1. The second kappa shape index (κ2) is 5.24. The van der Waals surface area contributed by atoms with E-state index in [9.17, 15) is 0 Å². The van der Waals surface area contributed by atoms with Gasteiger partial charge < -0.3 is 0 Å². The van der Waals surface area contributed by atoms with Crippen molar-refractivity contribution >= 4 is 0 Å². The summed E-state index contributed by atoms with van der Waals surface area (Å²) >= 11 is 0. The van der Waals surface area contributed by atoms with Crippen LogP contribution in [0.15, 0.2) is 0 Å². The first-order chi connectivity index (χ1) is 5.07. The maximum Gasteiger partial charge on any atom is 0.0197 e. The Morgan fingerprint density at radius 3 is 2.00 bits per heavy atom. The predicted molar refractivity (Wildman–Crippen MR) is 51.2 cm³/mol. The Bertz CT molecular complexity index is 127. The van der Waals surface area contributed by atoms with Gasteiger partial charge in [0.15, 0.2) is 0 Å². The van der Waals surface area contributed by atoms with Gasteiger partial charge in [-0.25, -0.2) is 0 Å². The molecule has 0 aromatic rings. The monoisotopic (exact) mass is 152 g/mol. The number of hydrogen-bond donors (Lipinski definition) is 0. The molecule has 0 saturated heterocycles. The minimum atomic E-state index is 0.439. The van der Waals surface area contributed by atoms with Crippen LogP contribution in [0.3, 0.4) is 0 Å². The number of terminal acetylenes is 1. The molecule has 0 bridgehead atoms. The van der Waals surface area contributed by atoms with Gasteiger partial charge in [-0.3, -0.25) is 0 Å². The molecule has 0 aliphatic rings. The zero-order valence-corrected chi connectivity index (χ0v) is 8.22. The predicted octanol–water partition coefficient (Wildman–Crippen LogP) is 3.33. The summed E-state index contributed by atoms with van der Waals surface area (Å²) in [5.74, 6) is 4.72. The molecule has 0 rings (SSSR count). The summed E-state index contributed by atoms with van der Waals surface area (Å²) in [6.07, 6.45) is 7.90. The topological polar surface area (TPSA) is 0 Å². The van der Waals surface area contributed by atoms with Crippen LogP contribution in [0.25, 0.3) is 0 Å². The summed E-state index contributed by atoms with van der Waals surface area (Å²) in [4.78, 5) is 0. The molecular formula is C11H20. The van der Waals surface area contributed by atoms with Gasteiger partial charge in [0.1, 0.15) is 0 Å². The van der Waals surface area contributed by atoms with Gasteiger partial charge in [0.2, 0.25) is 0 Å². The summed E-state index contributed by atoms with van der Waals surface area (Å²) in [5.41, 5.74) is 0. The van der Waals surface area contributed by atoms with Crippen molar-refractivity contribution < 1.29 is 0 Å². The zero-order chi connectivity index (χ0) is 8.85. The van der Waals surface area contributed by atoms with E-state index in [1.54, 1.807) is 0 Å². The minimum Gasteiger partial charge on any atom is -0.120 e. The summed E-state index contributed by atoms with van der Waals surface area (Å²) < 4.78 is 0. The molecule has 11 heavy (non-hydrogen) atoms. The van der Waals surface area contributed by atoms with Crippen LogP contribution in [0, 0.1) is 30.1 Å². The van der Waals surface area contributed by atoms with Crippen LogP contribution in [0.1, 0.15) is 40.5 Å². The second-order valence-corrected chi connectivity index (χ2v) is 3.90. The molecule has 0 spiro atoms. The molecule has 0 fully saturated rings. The molecule has 64 valence electrons. The van der Waals surface area contributed by atoms with Gasteiger partial charge in [-0.05, 0) is 18.3 Å². The molecule has 0 N–H and O–H groups in total. The third-order valence-corrected chi connectivity index (χ3v) is 2.32. The average molecular weight is 152 g/mol. The molecular weight excluding hydrogens is 132 g/mol. The van der Waals surface area contributed by atoms with Crippen molar-refractivity contribution in [3.05, 3.63) is 0 Å². The first-order valence-corrected chi connectivity index (χ1v) is 4.54. The number of rotatable bonds is 4. The van der Waals surface area contributed by atoms with Gasteiger partial charge in [0, 0.05) is 5.92 Å². The van der Waals surface area contributed by atoms with E-state index in [-0.39, 0.29) is 0 Å². The first-order valence-electron chi connectivity index (χ1n) is 4.54. The highest BCUT2D eigenvalue weighted by Crippen LogP contribution is 2.18. The van der Waals surface area contributed by atoms with E-state index in [0.717, 1.165) is 5.92 Å². The third kappa shape index (κ3) is 4.90. The summed E-state index contributed by atoms with van der Waals surface area (Å²) in [7, 11) is 0. The van der Waals surface area contributed by atoms with Crippen molar-refractivity contribution in [2.75, 3.05) is 0 Å². The van der Waals surface area contributed by atoms with Crippen LogP contribution in [-0.2, 0) is 0 Å². The normalized spacial score (nSPS) is 16.0. The fourth-order valence-corrected chi connectivity index (χ4v) is 1.01. The quantitative estimate of drug-likeness (QED) is 0.542. The average Bonchev–Trinajstić information content (AvgIpc) is 1.98. The Hall–Kier alpha value is -0.440. The largest absolute Gasteiger partial charge is 0.120 e. The molecule has 2 unspecified atom stereocenters. The van der Waals surface area contributed by atoms with E-state index < -0.39 is 0 Å². The van der Waals surface area contributed by atoms with E-state index in [1.807, 2.05) is 0 Å². The van der Waals surface area contributed by atoms with Crippen LogP contribution in [-0.4, -0.2) is 0 Å². The highest BCUT2D eigenvalue weighted by Gasteiger charge is 2.09. The van der Waals surface area contributed by atoms with E-state index >= 15 is 0 Å². The van der Waals surface area contributed by atoms with Crippen molar-refractivity contribution in [3.8, 4) is 12.3 Å². The van der Waals surface area contributed by atoms with E-state index in [2.05, 4.69) is 33.6 Å². The van der Waals surface area contributed by atoms with Crippen molar-refractivity contribution in [3.63, 3.8) is 0 Å². The van der Waals surface area contributed by atoms with Crippen molar-refractivity contribution in [2.24, 2.45) is 17.8 Å². The molecule has 0 amide bonds. The zero-order valence-electron chi connectivity index (χ0n) is 8.22. The Morgan fingerprint density at radius 1 is 1.09 bits per heavy atom. The lowest BCUT2D eigenvalue weighted by Crippen LogP contribution is -2.06. The molecule has 2 atom stereocenters. The number of hydrogen-bond acceptors (Lipinski definition) is 0. The molecule has 0 heteroatoms.